The molecule has 1 aromatic heterocycles. The zero-order chi connectivity index (χ0) is 19.7. The van der Waals surface area contributed by atoms with Crippen LogP contribution in [0.5, 0.6) is 0 Å². The number of hydrogen-bond donors (Lipinski definition) is 1. The van der Waals surface area contributed by atoms with Crippen LogP contribution in [-0.4, -0.2) is 59.4 Å². The molecule has 1 N–H and O–H groups in total. The van der Waals surface area contributed by atoms with Gasteiger partial charge in [0.15, 0.2) is 0 Å². The van der Waals surface area contributed by atoms with Gasteiger partial charge in [-0.15, -0.1) is 12.4 Å². The molecule has 7 heteroatoms. The number of fused-ring (bicyclic) bond motifs is 1. The van der Waals surface area contributed by atoms with Gasteiger partial charge in [0.05, 0.1) is 5.57 Å². The third-order valence-corrected chi connectivity index (χ3v) is 4.88. The molecule has 0 bridgehead atoms. The van der Waals surface area contributed by atoms with Crippen molar-refractivity contribution in [3.8, 4) is 0 Å². The van der Waals surface area contributed by atoms with Crippen molar-refractivity contribution in [2.24, 2.45) is 7.05 Å². The van der Waals surface area contributed by atoms with Crippen molar-refractivity contribution in [1.29, 1.82) is 0 Å². The van der Waals surface area contributed by atoms with Gasteiger partial charge in [-0.1, -0.05) is 18.2 Å². The second-order valence-electron chi connectivity index (χ2n) is 7.58. The summed E-state index contributed by atoms with van der Waals surface area (Å²) >= 11 is 0. The molecule has 0 atom stereocenters. The van der Waals surface area contributed by atoms with Gasteiger partial charge in [0.1, 0.15) is 5.70 Å². The van der Waals surface area contributed by atoms with E-state index in [-0.39, 0.29) is 30.3 Å². The second-order valence-corrected chi connectivity index (χ2v) is 7.58. The molecule has 0 aliphatic carbocycles. The van der Waals surface area contributed by atoms with Crippen molar-refractivity contribution in [3.05, 3.63) is 41.7 Å². The maximum Gasteiger partial charge on any atom is 0.277 e. The lowest BCUT2D eigenvalue weighted by Crippen LogP contribution is -2.39. The van der Waals surface area contributed by atoms with Crippen LogP contribution in [0.2, 0.25) is 0 Å². The van der Waals surface area contributed by atoms with Gasteiger partial charge in [-0.25, -0.2) is 0 Å². The molecule has 1 aliphatic rings. The van der Waals surface area contributed by atoms with Crippen molar-refractivity contribution >= 4 is 40.7 Å². The van der Waals surface area contributed by atoms with Crippen LogP contribution in [0.15, 0.2) is 36.2 Å². The molecule has 1 aromatic carbocycles. The smallest absolute Gasteiger partial charge is 0.277 e. The van der Waals surface area contributed by atoms with Crippen LogP contribution >= 0.6 is 12.4 Å². The Balaban J connectivity index is 0.00000280. The van der Waals surface area contributed by atoms with Crippen molar-refractivity contribution in [1.82, 2.24) is 19.7 Å². The fourth-order valence-corrected chi connectivity index (χ4v) is 3.58. The second kappa shape index (κ2) is 8.80. The highest BCUT2D eigenvalue weighted by atomic mass is 35.5. The molecular formula is C21H29ClN4O2. The van der Waals surface area contributed by atoms with E-state index in [2.05, 4.69) is 10.2 Å². The maximum absolute atomic E-state index is 13.2. The Morgan fingerprint density at radius 1 is 1.11 bits per heavy atom. The molecule has 0 fully saturated rings. The van der Waals surface area contributed by atoms with Crippen LogP contribution in [0, 0.1) is 0 Å². The standard InChI is InChI=1S/C21H28N4O2.ClH/c1-14(2)25-20(26)18(19(21(25)27)22-11-8-12-23(3)4)16-13-24(5)17-10-7-6-9-15(16)17;/h6-7,9-10,13-14,22H,8,11-12H2,1-5H3;1H. The van der Waals surface area contributed by atoms with Gasteiger partial charge in [0, 0.05) is 42.3 Å². The fourth-order valence-electron chi connectivity index (χ4n) is 3.58. The number of aromatic nitrogens is 1. The van der Waals surface area contributed by atoms with Gasteiger partial charge in [-0.05, 0) is 47.0 Å². The lowest BCUT2D eigenvalue weighted by atomic mass is 10.0. The molecule has 0 radical (unpaired) electrons. The number of carbonyl (C=O) groups is 2. The van der Waals surface area contributed by atoms with Gasteiger partial charge < -0.3 is 14.8 Å². The number of rotatable bonds is 7. The number of para-hydroxylation sites is 1. The zero-order valence-electron chi connectivity index (χ0n) is 17.2. The lowest BCUT2D eigenvalue weighted by molar-refractivity contribution is -0.138. The number of imide groups is 1. The quantitative estimate of drug-likeness (QED) is 0.569. The highest BCUT2D eigenvalue weighted by Crippen LogP contribution is 2.34. The summed E-state index contributed by atoms with van der Waals surface area (Å²) in [5.74, 6) is -0.454. The van der Waals surface area contributed by atoms with Crippen molar-refractivity contribution in [2.75, 3.05) is 27.2 Å². The molecule has 152 valence electrons. The molecule has 2 amide bonds. The van der Waals surface area contributed by atoms with E-state index < -0.39 is 0 Å². The molecule has 6 nitrogen and oxygen atoms in total. The summed E-state index contributed by atoms with van der Waals surface area (Å²) in [6.45, 7) is 5.30. The third kappa shape index (κ3) is 3.93. The van der Waals surface area contributed by atoms with E-state index in [1.54, 1.807) is 0 Å². The van der Waals surface area contributed by atoms with Gasteiger partial charge in [0.2, 0.25) is 0 Å². The summed E-state index contributed by atoms with van der Waals surface area (Å²) in [5, 5.41) is 4.24. The van der Waals surface area contributed by atoms with E-state index in [9.17, 15) is 9.59 Å². The lowest BCUT2D eigenvalue weighted by Gasteiger charge is -2.19. The SMILES string of the molecule is CC(C)N1C(=O)C(NCCCN(C)C)=C(c2cn(C)c3ccccc23)C1=O.Cl. The number of benzene rings is 1. The number of amides is 2. The van der Waals surface area contributed by atoms with Crippen LogP contribution in [0.25, 0.3) is 16.5 Å². The predicted molar refractivity (Wildman–Crippen MR) is 115 cm³/mol. The van der Waals surface area contributed by atoms with E-state index in [1.165, 1.54) is 4.90 Å². The van der Waals surface area contributed by atoms with E-state index in [4.69, 9.17) is 0 Å². The number of nitrogens with zero attached hydrogens (tertiary/aromatic N) is 3. The average molecular weight is 405 g/mol. The first-order valence-electron chi connectivity index (χ1n) is 9.38. The largest absolute Gasteiger partial charge is 0.380 e. The Hall–Kier alpha value is -2.31. The molecule has 2 aromatic rings. The minimum Gasteiger partial charge on any atom is -0.380 e. The summed E-state index contributed by atoms with van der Waals surface area (Å²) in [7, 11) is 6.00. The van der Waals surface area contributed by atoms with Crippen molar-refractivity contribution < 1.29 is 9.59 Å². The molecule has 0 saturated heterocycles. The molecule has 2 heterocycles. The van der Waals surface area contributed by atoms with Crippen LogP contribution < -0.4 is 5.32 Å². The highest BCUT2D eigenvalue weighted by molar-refractivity contribution is 6.37. The number of carbonyl (C=O) groups excluding carboxylic acids is 2. The zero-order valence-corrected chi connectivity index (χ0v) is 18.0. The summed E-state index contributed by atoms with van der Waals surface area (Å²) in [5.41, 5.74) is 2.75. The average Bonchev–Trinajstić information content (AvgIpc) is 3.06. The highest BCUT2D eigenvalue weighted by Gasteiger charge is 2.41. The van der Waals surface area contributed by atoms with Crippen LogP contribution in [0.3, 0.4) is 0 Å². The Kier molecular flexibility index (Phi) is 6.91. The van der Waals surface area contributed by atoms with Crippen LogP contribution in [0.1, 0.15) is 25.8 Å². The van der Waals surface area contributed by atoms with E-state index in [0.29, 0.717) is 17.8 Å². The molecule has 0 spiro atoms. The topological polar surface area (TPSA) is 57.6 Å². The summed E-state index contributed by atoms with van der Waals surface area (Å²) in [6.07, 6.45) is 2.83. The summed E-state index contributed by atoms with van der Waals surface area (Å²) in [4.78, 5) is 29.6. The number of nitrogens with one attached hydrogen (secondary N) is 1. The Morgan fingerprint density at radius 2 is 1.79 bits per heavy atom. The van der Waals surface area contributed by atoms with Gasteiger partial charge in [-0.3, -0.25) is 14.5 Å². The van der Waals surface area contributed by atoms with Crippen LogP contribution in [-0.2, 0) is 16.6 Å². The van der Waals surface area contributed by atoms with E-state index in [1.807, 2.05) is 70.0 Å². The molecule has 0 unspecified atom stereocenters. The molecule has 1 aliphatic heterocycles. The van der Waals surface area contributed by atoms with Gasteiger partial charge in [-0.2, -0.15) is 0 Å². The fraction of sp³-hybridized carbons (Fsp3) is 0.429. The molecular weight excluding hydrogens is 376 g/mol. The first kappa shape index (κ1) is 22.0. The Bertz CT molecular complexity index is 914. The molecule has 0 saturated carbocycles. The first-order chi connectivity index (χ1) is 12.8. The number of halogens is 1. The van der Waals surface area contributed by atoms with Crippen molar-refractivity contribution in [3.63, 3.8) is 0 Å². The maximum atomic E-state index is 13.2. The van der Waals surface area contributed by atoms with Gasteiger partial charge >= 0.3 is 0 Å². The summed E-state index contributed by atoms with van der Waals surface area (Å²) < 4.78 is 2.00. The summed E-state index contributed by atoms with van der Waals surface area (Å²) in [6, 6.07) is 7.76. The minimum absolute atomic E-state index is 0. The van der Waals surface area contributed by atoms with Gasteiger partial charge in [0.25, 0.3) is 11.8 Å². The Morgan fingerprint density at radius 3 is 2.43 bits per heavy atom. The number of hydrogen-bond acceptors (Lipinski definition) is 4. The predicted octanol–water partition coefficient (Wildman–Crippen LogP) is 2.63. The number of aryl methyl sites for hydroxylation is 1. The molecule has 3 rings (SSSR count). The van der Waals surface area contributed by atoms with Crippen LogP contribution in [0.4, 0.5) is 0 Å². The van der Waals surface area contributed by atoms with E-state index >= 15 is 0 Å². The minimum atomic E-state index is -0.234. The molecule has 28 heavy (non-hydrogen) atoms. The monoisotopic (exact) mass is 404 g/mol. The van der Waals surface area contributed by atoms with Crippen molar-refractivity contribution in [2.45, 2.75) is 26.3 Å². The normalized spacial score (nSPS) is 14.6. The van der Waals surface area contributed by atoms with E-state index in [0.717, 1.165) is 29.4 Å². The third-order valence-electron chi connectivity index (χ3n) is 4.88. The Labute approximate surface area is 172 Å². The first-order valence-corrected chi connectivity index (χ1v) is 9.38.